The second kappa shape index (κ2) is 8.09. The van der Waals surface area contributed by atoms with Crippen molar-refractivity contribution in [2.45, 2.75) is 20.8 Å². The summed E-state index contributed by atoms with van der Waals surface area (Å²) in [7, 11) is 0. The van der Waals surface area contributed by atoms with Gasteiger partial charge in [-0.3, -0.25) is 0 Å². The molecule has 3 aromatic carbocycles. The molecule has 0 saturated carbocycles. The lowest BCUT2D eigenvalue weighted by molar-refractivity contribution is 0.381. The van der Waals surface area contributed by atoms with Gasteiger partial charge in [-0.05, 0) is 48.6 Å². The molecule has 0 nitrogen and oxygen atoms in total. The third-order valence-corrected chi connectivity index (χ3v) is 6.27. The summed E-state index contributed by atoms with van der Waals surface area (Å²) in [6.07, 6.45) is 0. The summed E-state index contributed by atoms with van der Waals surface area (Å²) >= 11 is 3.00. The molecule has 0 amide bonds. The molecule has 0 bridgehead atoms. The molecule has 0 aliphatic heterocycles. The standard InChI is InChI=1S/C21H9BrF10/c1-4-7(9-12(23)16(27)20(31)17(28)13(9)24)5(2)11(22)6(3)8(4)10-14(25)18(29)21(32)19(30)15(10)26/h1-3H3. The van der Waals surface area contributed by atoms with E-state index in [2.05, 4.69) is 15.9 Å². The van der Waals surface area contributed by atoms with Gasteiger partial charge in [-0.15, -0.1) is 0 Å². The number of benzene rings is 3. The van der Waals surface area contributed by atoms with Crippen LogP contribution in [0.5, 0.6) is 0 Å². The van der Waals surface area contributed by atoms with Gasteiger partial charge in [0.2, 0.25) is 11.6 Å². The van der Waals surface area contributed by atoms with Crippen molar-refractivity contribution in [3.8, 4) is 22.3 Å². The van der Waals surface area contributed by atoms with Gasteiger partial charge in [0, 0.05) is 4.47 Å². The van der Waals surface area contributed by atoms with Crippen LogP contribution in [0.15, 0.2) is 4.47 Å². The number of halogens is 11. The Morgan fingerprint density at radius 3 is 0.812 bits per heavy atom. The molecule has 0 aromatic heterocycles. The Hall–Kier alpha value is -2.56. The van der Waals surface area contributed by atoms with Gasteiger partial charge in [0.1, 0.15) is 0 Å². The van der Waals surface area contributed by atoms with E-state index in [0.29, 0.717) is 0 Å². The first kappa shape index (κ1) is 24.1. The Kier molecular flexibility index (Phi) is 6.09. The van der Waals surface area contributed by atoms with Gasteiger partial charge in [-0.2, -0.15) is 0 Å². The summed E-state index contributed by atoms with van der Waals surface area (Å²) in [4.78, 5) is 0. The van der Waals surface area contributed by atoms with Crippen molar-refractivity contribution in [3.63, 3.8) is 0 Å². The predicted molar refractivity (Wildman–Crippen MR) is 98.8 cm³/mol. The van der Waals surface area contributed by atoms with Crippen molar-refractivity contribution >= 4 is 15.9 Å². The van der Waals surface area contributed by atoms with Crippen LogP contribution in [0.25, 0.3) is 22.3 Å². The topological polar surface area (TPSA) is 0 Å². The third kappa shape index (κ3) is 3.20. The van der Waals surface area contributed by atoms with E-state index < -0.39 is 86.0 Å². The number of hydrogen-bond donors (Lipinski definition) is 0. The highest BCUT2D eigenvalue weighted by atomic mass is 79.9. The number of hydrogen-bond acceptors (Lipinski definition) is 0. The zero-order chi connectivity index (χ0) is 24.4. The van der Waals surface area contributed by atoms with Crippen LogP contribution in [0.3, 0.4) is 0 Å². The molecule has 0 aliphatic rings. The van der Waals surface area contributed by atoms with Gasteiger partial charge >= 0.3 is 0 Å². The Bertz CT molecular complexity index is 1160. The summed E-state index contributed by atoms with van der Waals surface area (Å²) in [6, 6.07) is 0. The van der Waals surface area contributed by atoms with Crippen molar-refractivity contribution in [3.05, 3.63) is 79.3 Å². The van der Waals surface area contributed by atoms with E-state index in [-0.39, 0.29) is 15.6 Å². The summed E-state index contributed by atoms with van der Waals surface area (Å²) < 4.78 is 140. The van der Waals surface area contributed by atoms with Crippen molar-refractivity contribution in [1.82, 2.24) is 0 Å². The van der Waals surface area contributed by atoms with Crippen LogP contribution in [0.1, 0.15) is 16.7 Å². The van der Waals surface area contributed by atoms with Crippen molar-refractivity contribution in [2.24, 2.45) is 0 Å². The summed E-state index contributed by atoms with van der Waals surface area (Å²) in [5.74, 6) is -22.9. The maximum Gasteiger partial charge on any atom is 0.200 e. The molecule has 3 aromatic rings. The summed E-state index contributed by atoms with van der Waals surface area (Å²) in [5.41, 5.74) is -4.85. The van der Waals surface area contributed by atoms with Gasteiger partial charge in [-0.25, -0.2) is 43.9 Å². The Balaban J connectivity index is 2.59. The summed E-state index contributed by atoms with van der Waals surface area (Å²) in [6.45, 7) is 3.41. The molecule has 0 spiro atoms. The van der Waals surface area contributed by atoms with Gasteiger partial charge < -0.3 is 0 Å². The van der Waals surface area contributed by atoms with Crippen LogP contribution in [0, 0.1) is 78.9 Å². The van der Waals surface area contributed by atoms with Crippen molar-refractivity contribution < 1.29 is 43.9 Å². The first-order chi connectivity index (χ1) is 14.7. The SMILES string of the molecule is Cc1c(Br)c(C)c(-c2c(F)c(F)c(F)c(F)c2F)c(C)c1-c1c(F)c(F)c(F)c(F)c1F. The lowest BCUT2D eigenvalue weighted by atomic mass is 9.85. The van der Waals surface area contributed by atoms with E-state index >= 15 is 0 Å². The lowest BCUT2D eigenvalue weighted by Gasteiger charge is -2.22. The zero-order valence-corrected chi connectivity index (χ0v) is 17.7. The normalized spacial score (nSPS) is 11.4. The minimum absolute atomic E-state index is 0.101. The van der Waals surface area contributed by atoms with E-state index in [1.54, 1.807) is 0 Å². The molecule has 0 aliphatic carbocycles. The molecular weight excluding hydrogens is 522 g/mol. The van der Waals surface area contributed by atoms with E-state index in [1.807, 2.05) is 0 Å². The number of rotatable bonds is 2. The maximum absolute atomic E-state index is 14.5. The molecule has 0 N–H and O–H groups in total. The van der Waals surface area contributed by atoms with Crippen LogP contribution in [0.2, 0.25) is 0 Å². The third-order valence-electron chi connectivity index (χ3n) is 5.08. The Morgan fingerprint density at radius 2 is 0.562 bits per heavy atom. The first-order valence-corrected chi connectivity index (χ1v) is 9.37. The highest BCUT2D eigenvalue weighted by Crippen LogP contribution is 2.46. The summed E-state index contributed by atoms with van der Waals surface area (Å²) in [5, 5.41) is 0. The highest BCUT2D eigenvalue weighted by molar-refractivity contribution is 9.10. The molecule has 3 rings (SSSR count). The van der Waals surface area contributed by atoms with Crippen molar-refractivity contribution in [2.75, 3.05) is 0 Å². The highest BCUT2D eigenvalue weighted by Gasteiger charge is 2.33. The average molecular weight is 531 g/mol. The molecule has 0 radical (unpaired) electrons. The van der Waals surface area contributed by atoms with E-state index in [0.717, 1.165) is 6.92 Å². The maximum atomic E-state index is 14.5. The Labute approximate surface area is 182 Å². The minimum atomic E-state index is -2.43. The molecule has 0 fully saturated rings. The molecule has 32 heavy (non-hydrogen) atoms. The molecular formula is C21H9BrF10. The van der Waals surface area contributed by atoms with Gasteiger partial charge in [0.25, 0.3) is 0 Å². The fourth-order valence-electron chi connectivity index (χ4n) is 3.59. The van der Waals surface area contributed by atoms with Crippen LogP contribution in [-0.2, 0) is 0 Å². The molecule has 11 heteroatoms. The largest absolute Gasteiger partial charge is 0.203 e. The second-order valence-corrected chi connectivity index (χ2v) is 7.62. The molecule has 170 valence electrons. The first-order valence-electron chi connectivity index (χ1n) is 8.58. The average Bonchev–Trinajstić information content (AvgIpc) is 2.76. The smallest absolute Gasteiger partial charge is 0.200 e. The monoisotopic (exact) mass is 530 g/mol. The van der Waals surface area contributed by atoms with E-state index in [9.17, 15) is 43.9 Å². The Morgan fingerprint density at radius 1 is 0.344 bits per heavy atom. The quantitative estimate of drug-likeness (QED) is 0.178. The van der Waals surface area contributed by atoms with Crippen LogP contribution >= 0.6 is 15.9 Å². The second-order valence-electron chi connectivity index (χ2n) is 6.83. The minimum Gasteiger partial charge on any atom is -0.203 e. The fraction of sp³-hybridized carbons (Fsp3) is 0.143. The van der Waals surface area contributed by atoms with Crippen LogP contribution < -0.4 is 0 Å². The molecule has 0 atom stereocenters. The fourth-order valence-corrected chi connectivity index (χ4v) is 3.98. The molecule has 0 unspecified atom stereocenters. The van der Waals surface area contributed by atoms with Crippen LogP contribution in [0.4, 0.5) is 43.9 Å². The molecule has 0 heterocycles. The van der Waals surface area contributed by atoms with Crippen molar-refractivity contribution in [1.29, 1.82) is 0 Å². The molecule has 0 saturated heterocycles. The zero-order valence-electron chi connectivity index (χ0n) is 16.2. The van der Waals surface area contributed by atoms with Gasteiger partial charge in [-0.1, -0.05) is 15.9 Å². The van der Waals surface area contributed by atoms with E-state index in [4.69, 9.17) is 0 Å². The van der Waals surface area contributed by atoms with Gasteiger partial charge in [0.15, 0.2) is 46.5 Å². The van der Waals surface area contributed by atoms with Gasteiger partial charge in [0.05, 0.1) is 11.1 Å². The van der Waals surface area contributed by atoms with Crippen LogP contribution in [-0.4, -0.2) is 0 Å². The van der Waals surface area contributed by atoms with E-state index in [1.165, 1.54) is 13.8 Å². The lowest BCUT2D eigenvalue weighted by Crippen LogP contribution is -2.10. The predicted octanol–water partition coefficient (Wildman–Crippen LogP) is 8.10.